The highest BCUT2D eigenvalue weighted by molar-refractivity contribution is 8.04. The smallest absolute Gasteiger partial charge is 0.338 e. The second-order valence-electron chi connectivity index (χ2n) is 13.4. The van der Waals surface area contributed by atoms with Crippen molar-refractivity contribution in [2.24, 2.45) is 4.99 Å². The van der Waals surface area contributed by atoms with E-state index in [2.05, 4.69) is 20.9 Å². The van der Waals surface area contributed by atoms with E-state index in [0.29, 0.717) is 55.5 Å². The van der Waals surface area contributed by atoms with Crippen LogP contribution in [-0.2, 0) is 30.3 Å². The number of amidine groups is 1. The van der Waals surface area contributed by atoms with Gasteiger partial charge in [0, 0.05) is 67.3 Å². The van der Waals surface area contributed by atoms with Crippen molar-refractivity contribution in [1.29, 1.82) is 0 Å². The SMILES string of the molecule is COC(=O)C1=C(CN2CCN3C(=O)N(c4ccc(CCC(=O)N[C@@H](CC(=O)O)C(=O)O)cc4)C[C@@H]3C2)NC(C2(C)NC=CS2)=N[C@H]1c1ccc(F)cc1Cl. The molecule has 2 aromatic carbocycles. The summed E-state index contributed by atoms with van der Waals surface area (Å²) < 4.78 is 19.3. The summed E-state index contributed by atoms with van der Waals surface area (Å²) in [5.74, 6) is -3.91. The molecule has 0 aliphatic carbocycles. The number of amides is 3. The number of hydrogen-bond acceptors (Lipinski definition) is 11. The van der Waals surface area contributed by atoms with Crippen LogP contribution in [0.1, 0.15) is 36.9 Å². The van der Waals surface area contributed by atoms with Crippen LogP contribution in [0.2, 0.25) is 5.02 Å². The van der Waals surface area contributed by atoms with E-state index in [4.69, 9.17) is 26.4 Å². The van der Waals surface area contributed by atoms with Crippen LogP contribution >= 0.6 is 23.4 Å². The van der Waals surface area contributed by atoms with E-state index in [0.717, 1.165) is 5.56 Å². The van der Waals surface area contributed by atoms with Gasteiger partial charge in [0.2, 0.25) is 5.91 Å². The van der Waals surface area contributed by atoms with E-state index < -0.39 is 53.0 Å². The van der Waals surface area contributed by atoms with Crippen molar-refractivity contribution in [3.05, 3.63) is 87.3 Å². The van der Waals surface area contributed by atoms with E-state index in [-0.39, 0.29) is 35.5 Å². The van der Waals surface area contributed by atoms with Gasteiger partial charge in [-0.25, -0.2) is 18.8 Å². The van der Waals surface area contributed by atoms with Gasteiger partial charge in [0.1, 0.15) is 28.6 Å². The number of hydrogen-bond donors (Lipinski definition) is 5. The summed E-state index contributed by atoms with van der Waals surface area (Å²) in [5.41, 5.74) is 2.72. The van der Waals surface area contributed by atoms with Gasteiger partial charge in [0.25, 0.3) is 0 Å². The minimum absolute atomic E-state index is 0.0451. The van der Waals surface area contributed by atoms with Crippen LogP contribution in [0, 0.1) is 5.82 Å². The number of nitrogens with one attached hydrogen (secondary N) is 3. The maximum absolute atomic E-state index is 14.1. The maximum Gasteiger partial charge on any atom is 0.338 e. The zero-order chi connectivity index (χ0) is 38.7. The number of rotatable bonds is 13. The number of carbonyl (C=O) groups excluding carboxylic acids is 3. The van der Waals surface area contributed by atoms with Gasteiger partial charge < -0.3 is 35.8 Å². The molecule has 0 saturated carbocycles. The van der Waals surface area contributed by atoms with Gasteiger partial charge in [-0.3, -0.25) is 24.4 Å². The van der Waals surface area contributed by atoms with Crippen LogP contribution in [0.15, 0.2) is 70.3 Å². The van der Waals surface area contributed by atoms with E-state index in [1.165, 1.54) is 37.1 Å². The van der Waals surface area contributed by atoms with E-state index in [1.807, 2.05) is 23.4 Å². The molecule has 2 fully saturated rings. The summed E-state index contributed by atoms with van der Waals surface area (Å²) in [6.45, 7) is 4.15. The van der Waals surface area contributed by atoms with Crippen LogP contribution < -0.4 is 20.9 Å². The van der Waals surface area contributed by atoms with Crippen LogP contribution in [0.5, 0.6) is 0 Å². The van der Waals surface area contributed by atoms with Crippen molar-refractivity contribution < 1.29 is 43.3 Å². The van der Waals surface area contributed by atoms with E-state index in [9.17, 15) is 33.5 Å². The molecule has 15 nitrogen and oxygen atoms in total. The first-order valence-electron chi connectivity index (χ1n) is 17.1. The van der Waals surface area contributed by atoms with Crippen LogP contribution in [0.3, 0.4) is 0 Å². The second-order valence-corrected chi connectivity index (χ2v) is 15.1. The summed E-state index contributed by atoms with van der Waals surface area (Å²) in [6, 6.07) is 8.45. The number of nitrogens with zero attached hydrogens (tertiary/aromatic N) is 4. The summed E-state index contributed by atoms with van der Waals surface area (Å²) >= 11 is 8.04. The number of urea groups is 1. The molecule has 4 atom stereocenters. The van der Waals surface area contributed by atoms with Crippen molar-refractivity contribution in [1.82, 2.24) is 25.8 Å². The predicted octanol–water partition coefficient (Wildman–Crippen LogP) is 3.08. The third-order valence-electron chi connectivity index (χ3n) is 9.69. The third-order valence-corrected chi connectivity index (χ3v) is 11.1. The topological polar surface area (TPSA) is 193 Å². The van der Waals surface area contributed by atoms with Crippen LogP contribution in [0.4, 0.5) is 14.9 Å². The first-order valence-corrected chi connectivity index (χ1v) is 18.4. The molecule has 1 unspecified atom stereocenters. The van der Waals surface area contributed by atoms with Crippen molar-refractivity contribution >= 4 is 64.7 Å². The molecule has 3 amide bonds. The standard InChI is InChI=1S/C36H39ClFN7O8S/c1-36(39-11-14-54-36)34-41-27(30(33(51)53-2)31(42-34)24-9-6-21(38)15-25(24)37)19-43-12-13-44-23(17-43)18-45(35(44)52)22-7-3-20(4-8-22)5-10-28(46)40-26(32(49)50)16-29(47)48/h3-4,6-9,11,14-15,23,26,31,39H,5,10,12-13,16-19H2,1-2H3,(H,40,46)(H,41,42)(H,47,48)(H,49,50)/t23-,26-,31-,36?/m0/s1. The number of aryl methyl sites for hydroxylation is 1. The van der Waals surface area contributed by atoms with Gasteiger partial charge in [0.15, 0.2) is 0 Å². The van der Waals surface area contributed by atoms with Crippen molar-refractivity contribution in [2.75, 3.05) is 44.7 Å². The van der Waals surface area contributed by atoms with Gasteiger partial charge in [-0.1, -0.05) is 41.6 Å². The van der Waals surface area contributed by atoms with Gasteiger partial charge in [-0.05, 0) is 48.6 Å². The number of anilines is 1. The highest BCUT2D eigenvalue weighted by Crippen LogP contribution is 2.40. The lowest BCUT2D eigenvalue weighted by Gasteiger charge is -2.39. The number of carbonyl (C=O) groups is 5. The number of carboxylic acid groups (broad SMARTS) is 2. The van der Waals surface area contributed by atoms with E-state index in [1.54, 1.807) is 29.2 Å². The Bertz CT molecular complexity index is 1940. The average molecular weight is 784 g/mol. The predicted molar refractivity (Wildman–Crippen MR) is 198 cm³/mol. The molecule has 6 rings (SSSR count). The fourth-order valence-electron chi connectivity index (χ4n) is 6.88. The molecule has 54 heavy (non-hydrogen) atoms. The normalized spacial score (nSPS) is 23.0. The first-order chi connectivity index (χ1) is 25.8. The number of fused-ring (bicyclic) bond motifs is 1. The molecule has 0 radical (unpaired) electrons. The molecule has 5 N–H and O–H groups in total. The largest absolute Gasteiger partial charge is 0.481 e. The molecule has 4 aliphatic heterocycles. The Balaban J connectivity index is 1.15. The molecule has 0 bridgehead atoms. The first kappa shape index (κ1) is 38.6. The summed E-state index contributed by atoms with van der Waals surface area (Å²) in [5, 5.41) is 29.0. The maximum atomic E-state index is 14.1. The third kappa shape index (κ3) is 8.32. The molecule has 4 aliphatic rings. The van der Waals surface area contributed by atoms with Gasteiger partial charge in [-0.15, -0.1) is 0 Å². The number of aliphatic imine (C=N–C) groups is 1. The lowest BCUT2D eigenvalue weighted by molar-refractivity contribution is -0.147. The number of halogens is 2. The monoisotopic (exact) mass is 783 g/mol. The molecule has 4 heterocycles. The minimum Gasteiger partial charge on any atom is -0.481 e. The fraction of sp³-hybridized carbons (Fsp3) is 0.389. The lowest BCUT2D eigenvalue weighted by Crippen LogP contribution is -2.55. The Labute approximate surface area is 319 Å². The number of ether oxygens (including phenoxy) is 1. The number of carboxylic acids is 2. The quantitative estimate of drug-likeness (QED) is 0.187. The zero-order valence-corrected chi connectivity index (χ0v) is 31.0. The molecule has 286 valence electrons. The zero-order valence-electron chi connectivity index (χ0n) is 29.4. The Hall–Kier alpha value is -5.13. The Morgan fingerprint density at radius 2 is 1.91 bits per heavy atom. The molecule has 0 spiro atoms. The van der Waals surface area contributed by atoms with Crippen molar-refractivity contribution in [3.8, 4) is 0 Å². The molecule has 2 aromatic rings. The number of piperazine rings is 1. The van der Waals surface area contributed by atoms with Crippen LogP contribution in [0.25, 0.3) is 0 Å². The number of benzene rings is 2. The molecular formula is C36H39ClFN7O8S. The molecular weight excluding hydrogens is 745 g/mol. The van der Waals surface area contributed by atoms with Gasteiger partial charge in [0.05, 0.1) is 25.1 Å². The summed E-state index contributed by atoms with van der Waals surface area (Å²) in [4.78, 5) is 71.4. The number of methoxy groups -OCH3 is 1. The Morgan fingerprint density at radius 1 is 1.15 bits per heavy atom. The van der Waals surface area contributed by atoms with Crippen molar-refractivity contribution in [2.45, 2.75) is 49.2 Å². The molecule has 18 heteroatoms. The van der Waals surface area contributed by atoms with Gasteiger partial charge in [-0.2, -0.15) is 0 Å². The summed E-state index contributed by atoms with van der Waals surface area (Å²) in [7, 11) is 1.29. The summed E-state index contributed by atoms with van der Waals surface area (Å²) in [6.07, 6.45) is 1.33. The number of aliphatic carboxylic acids is 2. The molecule has 2 saturated heterocycles. The Morgan fingerprint density at radius 3 is 2.56 bits per heavy atom. The van der Waals surface area contributed by atoms with E-state index >= 15 is 0 Å². The van der Waals surface area contributed by atoms with Crippen LogP contribution in [-0.4, -0.2) is 112 Å². The minimum atomic E-state index is -1.52. The van der Waals surface area contributed by atoms with Gasteiger partial charge >= 0.3 is 23.9 Å². The highest BCUT2D eigenvalue weighted by atomic mass is 35.5. The lowest BCUT2D eigenvalue weighted by atomic mass is 9.94. The number of esters is 1. The highest BCUT2D eigenvalue weighted by Gasteiger charge is 2.44. The molecule has 0 aromatic heterocycles. The Kier molecular flexibility index (Phi) is 11.5. The second kappa shape index (κ2) is 16.1. The van der Waals surface area contributed by atoms with Crippen molar-refractivity contribution in [3.63, 3.8) is 0 Å². The fourth-order valence-corrected chi connectivity index (χ4v) is 7.91. The number of thioether (sulfide) groups is 1. The average Bonchev–Trinajstić information content (AvgIpc) is 3.73.